The van der Waals surface area contributed by atoms with E-state index in [2.05, 4.69) is 17.6 Å². The molecule has 7 heteroatoms. The van der Waals surface area contributed by atoms with Gasteiger partial charge in [0, 0.05) is 12.2 Å². The summed E-state index contributed by atoms with van der Waals surface area (Å²) in [6, 6.07) is 18.0. The van der Waals surface area contributed by atoms with Gasteiger partial charge in [0.15, 0.2) is 0 Å². The molecule has 0 aliphatic heterocycles. The summed E-state index contributed by atoms with van der Waals surface area (Å²) >= 11 is 0. The summed E-state index contributed by atoms with van der Waals surface area (Å²) < 4.78 is 5.53. The number of nitrogens with zero attached hydrogens (tertiary/aromatic N) is 1. The third kappa shape index (κ3) is 9.31. The van der Waals surface area contributed by atoms with Crippen LogP contribution in [0.3, 0.4) is 0 Å². The highest BCUT2D eigenvalue weighted by molar-refractivity contribution is 6.00. The number of hydrogen-bond acceptors (Lipinski definition) is 4. The van der Waals surface area contributed by atoms with Crippen LogP contribution >= 0.6 is 0 Å². The van der Waals surface area contributed by atoms with Crippen LogP contribution < -0.4 is 10.6 Å². The third-order valence-corrected chi connectivity index (χ3v) is 7.74. The summed E-state index contributed by atoms with van der Waals surface area (Å²) in [6.07, 6.45) is 2.61. The molecule has 0 spiro atoms. The molecule has 3 unspecified atom stereocenters. The van der Waals surface area contributed by atoms with Crippen LogP contribution in [0.1, 0.15) is 90.0 Å². The summed E-state index contributed by atoms with van der Waals surface area (Å²) in [7, 11) is 0. The molecule has 0 saturated heterocycles. The molecule has 0 radical (unpaired) electrons. The highest BCUT2D eigenvalue weighted by Gasteiger charge is 2.38. The Morgan fingerprint density at radius 3 is 2.26 bits per heavy atom. The molecular formula is C36H49N3O4. The lowest BCUT2D eigenvalue weighted by Gasteiger charge is -2.36. The minimum absolute atomic E-state index is 0.184. The molecule has 7 nitrogen and oxygen atoms in total. The van der Waals surface area contributed by atoms with Gasteiger partial charge in [-0.1, -0.05) is 94.1 Å². The molecule has 3 aromatic rings. The Hall–Kier alpha value is -3.87. The number of carbonyl (C=O) groups excluding carboxylic acids is 3. The van der Waals surface area contributed by atoms with Crippen molar-refractivity contribution in [2.24, 2.45) is 5.92 Å². The van der Waals surface area contributed by atoms with Gasteiger partial charge in [-0.05, 0) is 81.0 Å². The van der Waals surface area contributed by atoms with Crippen molar-refractivity contribution in [2.45, 2.75) is 98.8 Å². The summed E-state index contributed by atoms with van der Waals surface area (Å²) in [5.41, 5.74) is 2.62. The number of hydrogen-bond donors (Lipinski definition) is 2. The highest BCUT2D eigenvalue weighted by atomic mass is 16.6. The minimum Gasteiger partial charge on any atom is -0.444 e. The zero-order valence-corrected chi connectivity index (χ0v) is 27.1. The van der Waals surface area contributed by atoms with E-state index in [1.807, 2.05) is 88.4 Å². The first kappa shape index (κ1) is 33.6. The van der Waals surface area contributed by atoms with Gasteiger partial charge in [-0.25, -0.2) is 4.79 Å². The SMILES string of the molecule is CCCCCN(C(=O)C(NC(=O)OC(C)(C)C)C(C)CC)C(C(=O)Nc1ccc2ccccc2c1)c1cc(C)ccc1C. The van der Waals surface area contributed by atoms with Gasteiger partial charge in [0.25, 0.3) is 5.91 Å². The van der Waals surface area contributed by atoms with Crippen LogP contribution in [-0.4, -0.2) is 41.0 Å². The molecule has 0 saturated carbocycles. The average molecular weight is 588 g/mol. The predicted octanol–water partition coefficient (Wildman–Crippen LogP) is 8.09. The van der Waals surface area contributed by atoms with Crippen LogP contribution in [0.2, 0.25) is 0 Å². The first-order chi connectivity index (χ1) is 20.3. The fourth-order valence-electron chi connectivity index (χ4n) is 5.18. The van der Waals surface area contributed by atoms with Crippen LogP contribution in [0, 0.1) is 19.8 Å². The van der Waals surface area contributed by atoms with E-state index in [-0.39, 0.29) is 17.7 Å². The first-order valence-electron chi connectivity index (χ1n) is 15.5. The Morgan fingerprint density at radius 2 is 1.60 bits per heavy atom. The number of unbranched alkanes of at least 4 members (excludes halogenated alkanes) is 2. The van der Waals surface area contributed by atoms with Gasteiger partial charge in [-0.3, -0.25) is 9.59 Å². The standard InChI is InChI=1S/C36H49N3O4/c1-9-11-14-21-39(34(41)31(25(4)10-2)38-35(42)43-36(6,7)8)32(30-22-24(3)17-18-26(30)5)33(40)37-29-20-19-27-15-12-13-16-28(27)23-29/h12-13,15-20,22-23,25,31-32H,9-11,14,21H2,1-8H3,(H,37,40)(H,38,42). The van der Waals surface area contributed by atoms with Gasteiger partial charge in [0.2, 0.25) is 5.91 Å². The third-order valence-electron chi connectivity index (χ3n) is 7.74. The van der Waals surface area contributed by atoms with Crippen molar-refractivity contribution in [1.82, 2.24) is 10.2 Å². The number of ether oxygens (including phenoxy) is 1. The van der Waals surface area contributed by atoms with E-state index in [1.165, 1.54) is 0 Å². The molecule has 0 aliphatic carbocycles. The molecule has 0 aliphatic rings. The second-order valence-electron chi connectivity index (χ2n) is 12.6. The highest BCUT2D eigenvalue weighted by Crippen LogP contribution is 2.30. The number of anilines is 1. The maximum Gasteiger partial charge on any atom is 0.408 e. The Balaban J connectivity index is 2.09. The van der Waals surface area contributed by atoms with Crippen molar-refractivity contribution in [3.8, 4) is 0 Å². The molecule has 3 atom stereocenters. The lowest BCUT2D eigenvalue weighted by atomic mass is 9.93. The van der Waals surface area contributed by atoms with E-state index in [0.29, 0.717) is 18.7 Å². The molecule has 3 rings (SSSR count). The maximum atomic E-state index is 14.6. The van der Waals surface area contributed by atoms with Gasteiger partial charge in [-0.2, -0.15) is 0 Å². The molecule has 3 aromatic carbocycles. The summed E-state index contributed by atoms with van der Waals surface area (Å²) in [5, 5.41) is 8.05. The zero-order chi connectivity index (χ0) is 31.7. The second-order valence-corrected chi connectivity index (χ2v) is 12.6. The normalized spacial score (nSPS) is 13.6. The molecule has 43 heavy (non-hydrogen) atoms. The van der Waals surface area contributed by atoms with Crippen molar-refractivity contribution in [2.75, 3.05) is 11.9 Å². The van der Waals surface area contributed by atoms with Crippen LogP contribution in [0.4, 0.5) is 10.5 Å². The lowest BCUT2D eigenvalue weighted by molar-refractivity contribution is -0.142. The van der Waals surface area contributed by atoms with Gasteiger partial charge in [0.1, 0.15) is 17.7 Å². The molecular weight excluding hydrogens is 538 g/mol. The minimum atomic E-state index is -0.900. The Morgan fingerprint density at radius 1 is 0.907 bits per heavy atom. The molecule has 2 N–H and O–H groups in total. The molecule has 0 fully saturated rings. The van der Waals surface area contributed by atoms with Crippen molar-refractivity contribution in [3.05, 3.63) is 77.4 Å². The van der Waals surface area contributed by atoms with E-state index in [4.69, 9.17) is 4.74 Å². The maximum absolute atomic E-state index is 14.6. The van der Waals surface area contributed by atoms with E-state index in [9.17, 15) is 14.4 Å². The summed E-state index contributed by atoms with van der Waals surface area (Å²) in [5.74, 6) is -0.777. The Bertz CT molecular complexity index is 1410. The topological polar surface area (TPSA) is 87.7 Å². The molecule has 0 bridgehead atoms. The molecule has 3 amide bonds. The zero-order valence-electron chi connectivity index (χ0n) is 27.1. The number of benzene rings is 3. The van der Waals surface area contributed by atoms with Gasteiger partial charge >= 0.3 is 6.09 Å². The smallest absolute Gasteiger partial charge is 0.408 e. The fraction of sp³-hybridized carbons (Fsp3) is 0.472. The van der Waals surface area contributed by atoms with E-state index in [1.54, 1.807) is 25.7 Å². The second kappa shape index (κ2) is 15.0. The Kier molecular flexibility index (Phi) is 11.8. The number of aryl methyl sites for hydroxylation is 2. The molecule has 0 heterocycles. The van der Waals surface area contributed by atoms with E-state index >= 15 is 0 Å². The quantitative estimate of drug-likeness (QED) is 0.210. The van der Waals surface area contributed by atoms with Crippen LogP contribution in [-0.2, 0) is 14.3 Å². The van der Waals surface area contributed by atoms with E-state index < -0.39 is 23.8 Å². The van der Waals surface area contributed by atoms with E-state index in [0.717, 1.165) is 46.7 Å². The Labute approximate surface area is 257 Å². The lowest BCUT2D eigenvalue weighted by Crippen LogP contribution is -2.55. The number of amides is 3. The fourth-order valence-corrected chi connectivity index (χ4v) is 5.18. The average Bonchev–Trinajstić information content (AvgIpc) is 2.95. The van der Waals surface area contributed by atoms with Gasteiger partial charge in [0.05, 0.1) is 0 Å². The summed E-state index contributed by atoms with van der Waals surface area (Å²) in [4.78, 5) is 43.5. The molecule has 0 aromatic heterocycles. The monoisotopic (exact) mass is 587 g/mol. The van der Waals surface area contributed by atoms with Crippen LogP contribution in [0.25, 0.3) is 10.8 Å². The van der Waals surface area contributed by atoms with Crippen molar-refractivity contribution < 1.29 is 19.1 Å². The van der Waals surface area contributed by atoms with Crippen molar-refractivity contribution in [3.63, 3.8) is 0 Å². The van der Waals surface area contributed by atoms with Crippen LogP contribution in [0.5, 0.6) is 0 Å². The van der Waals surface area contributed by atoms with Gasteiger partial charge < -0.3 is 20.3 Å². The summed E-state index contributed by atoms with van der Waals surface area (Å²) in [6.45, 7) is 15.7. The van der Waals surface area contributed by atoms with Crippen molar-refractivity contribution >= 4 is 34.4 Å². The number of rotatable bonds is 12. The number of carbonyl (C=O) groups is 3. The number of alkyl carbamates (subject to hydrolysis) is 1. The number of nitrogens with one attached hydrogen (secondary N) is 2. The molecule has 232 valence electrons. The largest absolute Gasteiger partial charge is 0.444 e. The van der Waals surface area contributed by atoms with Crippen molar-refractivity contribution in [1.29, 1.82) is 0 Å². The van der Waals surface area contributed by atoms with Crippen LogP contribution in [0.15, 0.2) is 60.7 Å². The van der Waals surface area contributed by atoms with Gasteiger partial charge in [-0.15, -0.1) is 0 Å². The number of fused-ring (bicyclic) bond motifs is 1. The predicted molar refractivity (Wildman–Crippen MR) is 175 cm³/mol. The first-order valence-corrected chi connectivity index (χ1v) is 15.5.